The van der Waals surface area contributed by atoms with Gasteiger partial charge in [-0.2, -0.15) is 0 Å². The molecule has 1 aromatic rings. The van der Waals surface area contributed by atoms with Crippen molar-refractivity contribution in [1.29, 1.82) is 0 Å². The van der Waals surface area contributed by atoms with Crippen LogP contribution in [0.25, 0.3) is 0 Å². The fraction of sp³-hybridized carbons (Fsp3) is 0.500. The Kier molecular flexibility index (Phi) is 5.60. The zero-order valence-electron chi connectivity index (χ0n) is 12.4. The minimum absolute atomic E-state index is 0.0210. The number of nitrogens with one attached hydrogen (secondary N) is 2. The van der Waals surface area contributed by atoms with Gasteiger partial charge in [-0.15, -0.1) is 0 Å². The summed E-state index contributed by atoms with van der Waals surface area (Å²) >= 11 is 3.28. The van der Waals surface area contributed by atoms with E-state index in [1.807, 2.05) is 6.92 Å². The van der Waals surface area contributed by atoms with Gasteiger partial charge in [-0.25, -0.2) is 13.1 Å². The Labute approximate surface area is 138 Å². The first-order chi connectivity index (χ1) is 10.3. The number of amides is 1. The van der Waals surface area contributed by atoms with Crippen molar-refractivity contribution in [3.05, 3.63) is 28.2 Å². The lowest BCUT2D eigenvalue weighted by Gasteiger charge is -2.14. The van der Waals surface area contributed by atoms with E-state index < -0.39 is 10.0 Å². The summed E-state index contributed by atoms with van der Waals surface area (Å²) in [6.45, 7) is 2.19. The van der Waals surface area contributed by atoms with E-state index in [4.69, 9.17) is 4.74 Å². The molecule has 1 aliphatic rings. The molecule has 1 amide bonds. The monoisotopic (exact) mass is 390 g/mol. The smallest absolute Gasteiger partial charge is 0.252 e. The summed E-state index contributed by atoms with van der Waals surface area (Å²) in [5.41, 5.74) is 0.279. The molecule has 1 aliphatic carbocycles. The molecule has 1 unspecified atom stereocenters. The first-order valence-corrected chi connectivity index (χ1v) is 9.23. The number of ether oxygens (including phenoxy) is 1. The Morgan fingerprint density at radius 2 is 2.14 bits per heavy atom. The second kappa shape index (κ2) is 7.08. The number of rotatable bonds is 7. The van der Waals surface area contributed by atoms with Crippen LogP contribution < -0.4 is 10.0 Å². The van der Waals surface area contributed by atoms with Crippen LogP contribution in [0.4, 0.5) is 0 Å². The van der Waals surface area contributed by atoms with Crippen LogP contribution in [-0.2, 0) is 14.8 Å². The number of halogens is 1. The quantitative estimate of drug-likeness (QED) is 0.741. The molecule has 2 N–H and O–H groups in total. The van der Waals surface area contributed by atoms with Gasteiger partial charge in [-0.3, -0.25) is 4.79 Å². The van der Waals surface area contributed by atoms with Crippen molar-refractivity contribution >= 4 is 31.9 Å². The molecule has 6 nitrogen and oxygen atoms in total. The standard InChI is InChI=1S/C14H19BrN2O4S/c1-9(8-21-2)16-14(18)12-7-11(5-6-13(12)15)22(19,20)17-10-3-4-10/h5-7,9-10,17H,3-4,8H2,1-2H3,(H,16,18). The first kappa shape index (κ1) is 17.4. The Morgan fingerprint density at radius 1 is 1.45 bits per heavy atom. The van der Waals surface area contributed by atoms with Gasteiger partial charge in [0.2, 0.25) is 10.0 Å². The van der Waals surface area contributed by atoms with E-state index in [9.17, 15) is 13.2 Å². The topological polar surface area (TPSA) is 84.5 Å². The van der Waals surface area contributed by atoms with Gasteiger partial charge >= 0.3 is 0 Å². The third-order valence-electron chi connectivity index (χ3n) is 3.19. The van der Waals surface area contributed by atoms with Crippen LogP contribution in [0.3, 0.4) is 0 Å². The van der Waals surface area contributed by atoms with E-state index in [2.05, 4.69) is 26.0 Å². The van der Waals surface area contributed by atoms with Crippen LogP contribution in [0, 0.1) is 0 Å². The molecule has 8 heteroatoms. The Balaban J connectivity index is 2.20. The van der Waals surface area contributed by atoms with Crippen molar-refractivity contribution < 1.29 is 17.9 Å². The number of benzene rings is 1. The second-order valence-electron chi connectivity index (χ2n) is 5.37. The van der Waals surface area contributed by atoms with Gasteiger partial charge < -0.3 is 10.1 Å². The number of carbonyl (C=O) groups is 1. The van der Waals surface area contributed by atoms with Gasteiger partial charge in [0.15, 0.2) is 0 Å². The SMILES string of the molecule is COCC(C)NC(=O)c1cc(S(=O)(=O)NC2CC2)ccc1Br. The van der Waals surface area contributed by atoms with Crippen LogP contribution in [0.5, 0.6) is 0 Å². The summed E-state index contributed by atoms with van der Waals surface area (Å²) in [6, 6.07) is 4.27. The van der Waals surface area contributed by atoms with Crippen molar-refractivity contribution in [3.8, 4) is 0 Å². The van der Waals surface area contributed by atoms with Crippen molar-refractivity contribution in [2.75, 3.05) is 13.7 Å². The van der Waals surface area contributed by atoms with Gasteiger partial charge in [0.05, 0.1) is 17.1 Å². The zero-order chi connectivity index (χ0) is 16.3. The summed E-state index contributed by atoms with van der Waals surface area (Å²) in [5, 5.41) is 2.76. The highest BCUT2D eigenvalue weighted by atomic mass is 79.9. The van der Waals surface area contributed by atoms with E-state index >= 15 is 0 Å². The highest BCUT2D eigenvalue weighted by molar-refractivity contribution is 9.10. The summed E-state index contributed by atoms with van der Waals surface area (Å²) in [5.74, 6) is -0.347. The maximum absolute atomic E-state index is 12.3. The molecular weight excluding hydrogens is 372 g/mol. The van der Waals surface area contributed by atoms with Crippen molar-refractivity contribution in [2.24, 2.45) is 0 Å². The molecule has 2 rings (SSSR count). The Morgan fingerprint density at radius 3 is 2.73 bits per heavy atom. The zero-order valence-corrected chi connectivity index (χ0v) is 14.8. The minimum atomic E-state index is -3.58. The maximum Gasteiger partial charge on any atom is 0.252 e. The number of sulfonamides is 1. The number of methoxy groups -OCH3 is 1. The van der Waals surface area contributed by atoms with Gasteiger partial charge in [0.25, 0.3) is 5.91 Å². The van der Waals surface area contributed by atoms with Crippen LogP contribution in [0.1, 0.15) is 30.1 Å². The van der Waals surface area contributed by atoms with E-state index in [0.717, 1.165) is 12.8 Å². The third-order valence-corrected chi connectivity index (χ3v) is 5.40. The second-order valence-corrected chi connectivity index (χ2v) is 7.94. The predicted octanol–water partition coefficient (Wildman–Crippen LogP) is 1.65. The minimum Gasteiger partial charge on any atom is -0.383 e. The average Bonchev–Trinajstić information content (AvgIpc) is 3.22. The number of carbonyl (C=O) groups excluding carboxylic acids is 1. The van der Waals surface area contributed by atoms with Crippen LogP contribution in [0.2, 0.25) is 0 Å². The molecule has 0 aliphatic heterocycles. The fourth-order valence-corrected chi connectivity index (χ4v) is 3.68. The maximum atomic E-state index is 12.3. The van der Waals surface area contributed by atoms with E-state index in [1.165, 1.54) is 12.1 Å². The average molecular weight is 391 g/mol. The van der Waals surface area contributed by atoms with Crippen molar-refractivity contribution in [3.63, 3.8) is 0 Å². The van der Waals surface area contributed by atoms with Gasteiger partial charge in [-0.1, -0.05) is 0 Å². The van der Waals surface area contributed by atoms with Crippen molar-refractivity contribution in [1.82, 2.24) is 10.0 Å². The molecule has 1 aromatic carbocycles. The molecule has 1 fully saturated rings. The number of hydrogen-bond donors (Lipinski definition) is 2. The molecule has 0 bridgehead atoms. The molecule has 122 valence electrons. The molecular formula is C14H19BrN2O4S. The van der Waals surface area contributed by atoms with Crippen LogP contribution >= 0.6 is 15.9 Å². The molecule has 0 heterocycles. The van der Waals surface area contributed by atoms with Crippen LogP contribution in [0.15, 0.2) is 27.6 Å². The van der Waals surface area contributed by atoms with Gasteiger partial charge in [0.1, 0.15) is 0 Å². The van der Waals surface area contributed by atoms with Crippen molar-refractivity contribution in [2.45, 2.75) is 36.7 Å². The normalized spacial score (nSPS) is 16.3. The van der Waals surface area contributed by atoms with Gasteiger partial charge in [-0.05, 0) is 53.9 Å². The Bertz CT molecular complexity index is 659. The highest BCUT2D eigenvalue weighted by Gasteiger charge is 2.28. The predicted molar refractivity (Wildman–Crippen MR) is 86.3 cm³/mol. The largest absolute Gasteiger partial charge is 0.383 e. The Hall–Kier alpha value is -0.960. The lowest BCUT2D eigenvalue weighted by Crippen LogP contribution is -2.36. The summed E-state index contributed by atoms with van der Waals surface area (Å²) in [7, 11) is -2.03. The molecule has 0 saturated heterocycles. The summed E-state index contributed by atoms with van der Waals surface area (Å²) in [4.78, 5) is 12.3. The van der Waals surface area contributed by atoms with Gasteiger partial charge in [0, 0.05) is 23.7 Å². The molecule has 1 saturated carbocycles. The third kappa shape index (κ3) is 4.52. The molecule has 0 spiro atoms. The first-order valence-electron chi connectivity index (χ1n) is 6.95. The highest BCUT2D eigenvalue weighted by Crippen LogP contribution is 2.25. The molecule has 0 aromatic heterocycles. The van der Waals surface area contributed by atoms with E-state index in [1.54, 1.807) is 13.2 Å². The molecule has 0 radical (unpaired) electrons. The fourth-order valence-electron chi connectivity index (χ4n) is 1.93. The lowest BCUT2D eigenvalue weighted by molar-refractivity contribution is 0.0904. The summed E-state index contributed by atoms with van der Waals surface area (Å²) in [6.07, 6.45) is 1.72. The van der Waals surface area contributed by atoms with E-state index in [0.29, 0.717) is 11.1 Å². The number of hydrogen-bond acceptors (Lipinski definition) is 4. The van der Waals surface area contributed by atoms with E-state index in [-0.39, 0.29) is 28.4 Å². The lowest BCUT2D eigenvalue weighted by atomic mass is 10.2. The molecule has 22 heavy (non-hydrogen) atoms. The summed E-state index contributed by atoms with van der Waals surface area (Å²) < 4.78 is 32.5. The molecule has 1 atom stereocenters. The van der Waals surface area contributed by atoms with Crippen LogP contribution in [-0.4, -0.2) is 40.1 Å².